The molecule has 0 unspecified atom stereocenters. The van der Waals surface area contributed by atoms with Gasteiger partial charge >= 0.3 is 12.2 Å². The number of amides is 4. The van der Waals surface area contributed by atoms with Crippen LogP contribution in [-0.2, 0) is 23.8 Å². The smallest absolute Gasteiger partial charge is 0.407 e. The zero-order valence-corrected chi connectivity index (χ0v) is 34.4. The molecular weight excluding hydrogens is 781 g/mol. The van der Waals surface area contributed by atoms with Gasteiger partial charge < -0.3 is 49.7 Å². The highest BCUT2D eigenvalue weighted by Crippen LogP contribution is 2.53. The number of nitrogens with one attached hydrogen (secondary N) is 4. The average Bonchev–Trinajstić information content (AvgIpc) is 3.75. The highest BCUT2D eigenvalue weighted by atomic mass is 16.5. The number of nitrogens with zero attached hydrogens (tertiary/aromatic N) is 4. The first-order valence-corrected chi connectivity index (χ1v) is 21.4. The number of hydrogen-bond donors (Lipinski definition) is 5. The van der Waals surface area contributed by atoms with Gasteiger partial charge in [0.05, 0.1) is 37.3 Å². The number of aromatic amines is 2. The Morgan fingerprint density at radius 1 is 0.820 bits per heavy atom. The van der Waals surface area contributed by atoms with E-state index in [1.54, 1.807) is 17.3 Å². The molecule has 9 rings (SSSR count). The van der Waals surface area contributed by atoms with Crippen molar-refractivity contribution in [1.82, 2.24) is 40.4 Å². The van der Waals surface area contributed by atoms with Gasteiger partial charge in [0.25, 0.3) is 0 Å². The Labute approximate surface area is 353 Å². The maximum Gasteiger partial charge on any atom is 0.407 e. The summed E-state index contributed by atoms with van der Waals surface area (Å²) < 4.78 is 15.9. The topological polar surface area (TPSA) is 204 Å². The van der Waals surface area contributed by atoms with Crippen LogP contribution in [0.2, 0.25) is 0 Å². The largest absolute Gasteiger partial charge is 0.465 e. The minimum absolute atomic E-state index is 0.0350. The number of hydrogen-bond acceptors (Lipinski definition) is 9. The quantitative estimate of drug-likeness (QED) is 0.141. The van der Waals surface area contributed by atoms with Gasteiger partial charge in [-0.15, -0.1) is 0 Å². The number of H-pyrrole nitrogens is 2. The van der Waals surface area contributed by atoms with Gasteiger partial charge in [-0.3, -0.25) is 9.59 Å². The van der Waals surface area contributed by atoms with Crippen molar-refractivity contribution in [2.75, 3.05) is 40.1 Å². The molecule has 61 heavy (non-hydrogen) atoms. The van der Waals surface area contributed by atoms with E-state index in [-0.39, 0.29) is 47.7 Å². The second-order valence-electron chi connectivity index (χ2n) is 17.2. The third-order valence-corrected chi connectivity index (χ3v) is 13.2. The van der Waals surface area contributed by atoms with Crippen molar-refractivity contribution in [2.45, 2.75) is 82.1 Å². The Bertz CT molecular complexity index is 2360. The summed E-state index contributed by atoms with van der Waals surface area (Å²) in [6, 6.07) is 10.3. The summed E-state index contributed by atoms with van der Waals surface area (Å²) in [5.41, 5.74) is 3.26. The lowest BCUT2D eigenvalue weighted by Gasteiger charge is -2.35. The fourth-order valence-corrected chi connectivity index (χ4v) is 9.94. The third-order valence-electron chi connectivity index (χ3n) is 13.2. The standard InChI is InChI=1S/C45H52N8O8/c1-25-17-36(52(24-25)42(54)38(50-44(56)57)27-9-13-60-14-10-27)40-47-23-34(49-40)31-7-6-29-18-26(3-5-30(29)19-31)4-8-33-22-46-41(48-33)37-21-32-20-35(32)53(37)43(55)39(51-45(58)59-2)28-11-15-61-16-12-28/h3,5-7,18-19,22-23,25,27-28,32,35-39,50H,9-17,20-21,24H2,1-2H3,(H,46,48)(H,47,49)(H,51,58)(H,56,57)/t25-,32+,35+,36-,37-,38-,39-/m0/s1. The number of benzene rings is 2. The average molecular weight is 833 g/mol. The molecule has 0 radical (unpaired) electrons. The Kier molecular flexibility index (Phi) is 11.4. The highest BCUT2D eigenvalue weighted by Gasteiger charge is 2.56. The van der Waals surface area contributed by atoms with Crippen LogP contribution in [0.15, 0.2) is 48.8 Å². The zero-order valence-electron chi connectivity index (χ0n) is 34.4. The fraction of sp³-hybridized carbons (Fsp3) is 0.511. The summed E-state index contributed by atoms with van der Waals surface area (Å²) >= 11 is 0. The molecule has 16 nitrogen and oxygen atoms in total. The molecule has 0 bridgehead atoms. The zero-order chi connectivity index (χ0) is 42.2. The van der Waals surface area contributed by atoms with Crippen LogP contribution in [0.4, 0.5) is 9.59 Å². The second kappa shape index (κ2) is 17.2. The number of fused-ring (bicyclic) bond motifs is 2. The van der Waals surface area contributed by atoms with E-state index in [1.165, 1.54) is 7.11 Å². The van der Waals surface area contributed by atoms with E-state index in [0.717, 1.165) is 46.9 Å². The predicted molar refractivity (Wildman–Crippen MR) is 222 cm³/mol. The molecule has 5 fully saturated rings. The van der Waals surface area contributed by atoms with Crippen molar-refractivity contribution in [3.63, 3.8) is 0 Å². The first kappa shape index (κ1) is 40.5. The monoisotopic (exact) mass is 832 g/mol. The number of methoxy groups -OCH3 is 1. The van der Waals surface area contributed by atoms with Crippen LogP contribution in [0.1, 0.15) is 86.9 Å². The lowest BCUT2D eigenvalue weighted by molar-refractivity contribution is -0.138. The molecule has 6 heterocycles. The number of imidazole rings is 2. The van der Waals surface area contributed by atoms with Crippen LogP contribution < -0.4 is 10.6 Å². The van der Waals surface area contributed by atoms with Gasteiger partial charge in [0.1, 0.15) is 29.4 Å². The maximum absolute atomic E-state index is 14.1. The SMILES string of the molecule is COC(=O)N[C@H](C(=O)N1[C@@H]2C[C@@H]2C[C@H]1c1ncc(C#Cc2ccc3cc(-c4cnc([C@@H]5C[C@H](C)CN5C(=O)[C@@H](NC(=O)O)C5CCOCC5)[nH]4)ccc3c2)[nH]1)C1CCOCC1. The molecule has 4 saturated heterocycles. The van der Waals surface area contributed by atoms with Crippen molar-refractivity contribution < 1.29 is 38.5 Å². The number of piperidine rings is 1. The van der Waals surface area contributed by atoms with Crippen molar-refractivity contribution in [3.05, 3.63) is 71.7 Å². The fourth-order valence-electron chi connectivity index (χ4n) is 9.94. The summed E-state index contributed by atoms with van der Waals surface area (Å²) in [5.74, 6) is 8.03. The maximum atomic E-state index is 14.1. The number of carboxylic acid groups (broad SMARTS) is 1. The minimum Gasteiger partial charge on any atom is -0.465 e. The molecule has 4 aliphatic heterocycles. The molecule has 2 aromatic carbocycles. The number of carbonyl (C=O) groups is 4. The van der Waals surface area contributed by atoms with E-state index < -0.39 is 24.3 Å². The Morgan fingerprint density at radius 2 is 1.49 bits per heavy atom. The molecule has 1 aliphatic carbocycles. The van der Waals surface area contributed by atoms with E-state index in [4.69, 9.17) is 19.2 Å². The Morgan fingerprint density at radius 3 is 2.21 bits per heavy atom. The van der Waals surface area contributed by atoms with Crippen molar-refractivity contribution >= 4 is 34.8 Å². The molecule has 0 spiro atoms. The Hall–Kier alpha value is -5.92. The summed E-state index contributed by atoms with van der Waals surface area (Å²) in [6.45, 7) is 4.75. The van der Waals surface area contributed by atoms with Gasteiger partial charge in [-0.25, -0.2) is 19.6 Å². The first-order valence-electron chi connectivity index (χ1n) is 21.4. The normalized spacial score (nSPS) is 25.0. The predicted octanol–water partition coefficient (Wildman–Crippen LogP) is 5.14. The summed E-state index contributed by atoms with van der Waals surface area (Å²) in [4.78, 5) is 72.1. The minimum atomic E-state index is -1.21. The molecule has 2 aromatic heterocycles. The van der Waals surface area contributed by atoms with Crippen molar-refractivity contribution in [2.24, 2.45) is 23.7 Å². The van der Waals surface area contributed by atoms with Crippen LogP contribution in [0, 0.1) is 35.5 Å². The molecule has 5 aliphatic rings. The Balaban J connectivity index is 0.878. The van der Waals surface area contributed by atoms with E-state index in [2.05, 4.69) is 50.4 Å². The van der Waals surface area contributed by atoms with Gasteiger partial charge in [-0.1, -0.05) is 31.0 Å². The van der Waals surface area contributed by atoms with E-state index in [9.17, 15) is 24.3 Å². The molecular formula is C45H52N8O8. The van der Waals surface area contributed by atoms with E-state index in [1.807, 2.05) is 35.2 Å². The van der Waals surface area contributed by atoms with Crippen LogP contribution in [0.3, 0.4) is 0 Å². The lowest BCUT2D eigenvalue weighted by Crippen LogP contribution is -2.54. The lowest BCUT2D eigenvalue weighted by atomic mass is 9.90. The highest BCUT2D eigenvalue weighted by molar-refractivity contribution is 5.89. The van der Waals surface area contributed by atoms with Crippen LogP contribution in [0.25, 0.3) is 22.0 Å². The molecule has 5 N–H and O–H groups in total. The summed E-state index contributed by atoms with van der Waals surface area (Å²) in [7, 11) is 1.31. The number of ether oxygens (including phenoxy) is 3. The third kappa shape index (κ3) is 8.54. The second-order valence-corrected chi connectivity index (χ2v) is 17.2. The van der Waals surface area contributed by atoms with Gasteiger partial charge in [-0.2, -0.15) is 0 Å². The van der Waals surface area contributed by atoms with Crippen molar-refractivity contribution in [1.29, 1.82) is 0 Å². The van der Waals surface area contributed by atoms with Crippen LogP contribution in [0.5, 0.6) is 0 Å². The molecule has 1 saturated carbocycles. The molecule has 7 atom stereocenters. The van der Waals surface area contributed by atoms with E-state index in [0.29, 0.717) is 81.9 Å². The van der Waals surface area contributed by atoms with E-state index >= 15 is 0 Å². The number of aromatic nitrogens is 4. The van der Waals surface area contributed by atoms with Crippen LogP contribution in [-0.4, -0.2) is 117 Å². The number of rotatable bonds is 9. The molecule has 4 amide bonds. The molecule has 16 heteroatoms. The van der Waals surface area contributed by atoms with Crippen molar-refractivity contribution in [3.8, 4) is 23.1 Å². The number of carbonyl (C=O) groups excluding carboxylic acids is 3. The van der Waals surface area contributed by atoms with Gasteiger partial charge in [-0.05, 0) is 104 Å². The molecule has 4 aromatic rings. The van der Waals surface area contributed by atoms with Crippen LogP contribution >= 0.6 is 0 Å². The number of alkyl carbamates (subject to hydrolysis) is 1. The van der Waals surface area contributed by atoms with Gasteiger partial charge in [0, 0.05) is 50.1 Å². The van der Waals surface area contributed by atoms with Gasteiger partial charge in [0.15, 0.2) is 0 Å². The molecule has 320 valence electrons. The number of likely N-dealkylation sites (tertiary alicyclic amines) is 2. The first-order chi connectivity index (χ1) is 29.6. The summed E-state index contributed by atoms with van der Waals surface area (Å²) in [5, 5.41) is 17.0. The van der Waals surface area contributed by atoms with Gasteiger partial charge in [0.2, 0.25) is 11.8 Å². The summed E-state index contributed by atoms with van der Waals surface area (Å²) in [6.07, 6.45) is 6.79.